The van der Waals surface area contributed by atoms with E-state index in [9.17, 15) is 4.57 Å². The third-order valence-electron chi connectivity index (χ3n) is 2.12. The highest BCUT2D eigenvalue weighted by Gasteiger charge is 2.26. The van der Waals surface area contributed by atoms with Gasteiger partial charge in [-0.1, -0.05) is 59.0 Å². The van der Waals surface area contributed by atoms with Gasteiger partial charge >= 0.3 is 7.60 Å². The summed E-state index contributed by atoms with van der Waals surface area (Å²) >= 11 is 2.01. The Balaban J connectivity index is 2.14. The summed E-state index contributed by atoms with van der Waals surface area (Å²) in [5.74, 6) is 1.10. The SMILES string of the molecule is O=P(CI)(Oc1ccccc1)Oc1ccccc1. The second kappa shape index (κ2) is 6.25. The minimum atomic E-state index is -3.16. The van der Waals surface area contributed by atoms with Crippen LogP contribution in [-0.2, 0) is 4.57 Å². The maximum Gasteiger partial charge on any atom is 0.440 e. The van der Waals surface area contributed by atoms with Gasteiger partial charge in [0.2, 0.25) is 0 Å². The zero-order valence-electron chi connectivity index (χ0n) is 9.53. The highest BCUT2D eigenvalue weighted by molar-refractivity contribution is 14.1. The lowest BCUT2D eigenvalue weighted by molar-refractivity contribution is 0.393. The summed E-state index contributed by atoms with van der Waals surface area (Å²) in [7, 11) is -3.16. The molecule has 2 aromatic rings. The van der Waals surface area contributed by atoms with Crippen molar-refractivity contribution in [2.75, 3.05) is 4.17 Å². The van der Waals surface area contributed by atoms with Crippen LogP contribution in [0, 0.1) is 0 Å². The van der Waals surface area contributed by atoms with Gasteiger partial charge in [-0.05, 0) is 24.3 Å². The minimum Gasteiger partial charge on any atom is -0.416 e. The molecule has 0 fully saturated rings. The van der Waals surface area contributed by atoms with Crippen molar-refractivity contribution in [2.24, 2.45) is 0 Å². The maximum absolute atomic E-state index is 12.5. The van der Waals surface area contributed by atoms with Crippen molar-refractivity contribution < 1.29 is 13.6 Å². The van der Waals surface area contributed by atoms with Crippen LogP contribution >= 0.6 is 30.2 Å². The van der Waals surface area contributed by atoms with E-state index in [-0.39, 0.29) is 4.17 Å². The second-order valence-corrected chi connectivity index (χ2v) is 7.41. The number of alkyl halides is 1. The summed E-state index contributed by atoms with van der Waals surface area (Å²) in [6, 6.07) is 18.1. The number of halogens is 1. The molecule has 0 heterocycles. The first-order valence-electron chi connectivity index (χ1n) is 5.36. The highest BCUT2D eigenvalue weighted by Crippen LogP contribution is 2.49. The zero-order valence-corrected chi connectivity index (χ0v) is 12.6. The quantitative estimate of drug-likeness (QED) is 0.431. The molecule has 0 saturated carbocycles. The number of hydrogen-bond donors (Lipinski definition) is 0. The molecule has 0 unspecified atom stereocenters. The van der Waals surface area contributed by atoms with Crippen LogP contribution in [0.5, 0.6) is 11.5 Å². The largest absolute Gasteiger partial charge is 0.440 e. The topological polar surface area (TPSA) is 35.5 Å². The van der Waals surface area contributed by atoms with Crippen molar-refractivity contribution in [3.63, 3.8) is 0 Å². The molecule has 0 aliphatic heterocycles. The molecule has 0 N–H and O–H groups in total. The predicted molar refractivity (Wildman–Crippen MR) is 80.6 cm³/mol. The Morgan fingerprint density at radius 1 is 0.833 bits per heavy atom. The fourth-order valence-corrected chi connectivity index (χ4v) is 3.21. The summed E-state index contributed by atoms with van der Waals surface area (Å²) in [6.07, 6.45) is 0. The normalized spacial score (nSPS) is 10.9. The van der Waals surface area contributed by atoms with E-state index in [1.165, 1.54) is 0 Å². The van der Waals surface area contributed by atoms with Crippen LogP contribution in [0.2, 0.25) is 0 Å². The lowest BCUT2D eigenvalue weighted by atomic mass is 10.3. The molecule has 0 amide bonds. The average Bonchev–Trinajstić information content (AvgIpc) is 2.41. The van der Waals surface area contributed by atoms with Crippen molar-refractivity contribution in [1.82, 2.24) is 0 Å². The first-order chi connectivity index (χ1) is 8.72. The number of rotatable bonds is 5. The lowest BCUT2D eigenvalue weighted by Crippen LogP contribution is -2.01. The Kier molecular flexibility index (Phi) is 4.66. The molecular formula is C13H12IO3P. The van der Waals surface area contributed by atoms with Gasteiger partial charge in [0.25, 0.3) is 0 Å². The van der Waals surface area contributed by atoms with E-state index >= 15 is 0 Å². The molecule has 0 aliphatic rings. The summed E-state index contributed by atoms with van der Waals surface area (Å²) in [6.45, 7) is 0. The van der Waals surface area contributed by atoms with Gasteiger partial charge in [-0.15, -0.1) is 0 Å². The Morgan fingerprint density at radius 3 is 1.56 bits per heavy atom. The fraction of sp³-hybridized carbons (Fsp3) is 0.0769. The molecular weight excluding hydrogens is 362 g/mol. The zero-order chi connectivity index (χ0) is 12.8. The van der Waals surface area contributed by atoms with Gasteiger partial charge in [0.05, 0.1) is 0 Å². The van der Waals surface area contributed by atoms with Crippen LogP contribution in [0.3, 0.4) is 0 Å². The van der Waals surface area contributed by atoms with Crippen LogP contribution in [0.15, 0.2) is 60.7 Å². The smallest absolute Gasteiger partial charge is 0.416 e. The Labute approximate surface area is 120 Å². The molecule has 0 atom stereocenters. The second-order valence-electron chi connectivity index (χ2n) is 3.54. The van der Waals surface area contributed by atoms with Crippen molar-refractivity contribution in [3.8, 4) is 11.5 Å². The van der Waals surface area contributed by atoms with Gasteiger partial charge in [0.15, 0.2) is 0 Å². The van der Waals surface area contributed by atoms with Crippen LogP contribution in [0.25, 0.3) is 0 Å². The third kappa shape index (κ3) is 3.75. The van der Waals surface area contributed by atoms with E-state index in [1.54, 1.807) is 24.3 Å². The van der Waals surface area contributed by atoms with Gasteiger partial charge in [0, 0.05) is 0 Å². The van der Waals surface area contributed by atoms with Crippen LogP contribution in [0.4, 0.5) is 0 Å². The summed E-state index contributed by atoms with van der Waals surface area (Å²) in [5.41, 5.74) is 0. The monoisotopic (exact) mass is 374 g/mol. The molecule has 0 spiro atoms. The molecule has 94 valence electrons. The molecule has 0 aromatic heterocycles. The number of para-hydroxylation sites is 2. The molecule has 18 heavy (non-hydrogen) atoms. The van der Waals surface area contributed by atoms with Gasteiger partial charge < -0.3 is 9.05 Å². The fourth-order valence-electron chi connectivity index (χ4n) is 1.35. The highest BCUT2D eigenvalue weighted by atomic mass is 127. The molecule has 0 bridgehead atoms. The van der Waals surface area contributed by atoms with Crippen molar-refractivity contribution in [2.45, 2.75) is 0 Å². The summed E-state index contributed by atoms with van der Waals surface area (Å²) in [4.78, 5) is 0. The Bertz CT molecular complexity index is 485. The van der Waals surface area contributed by atoms with Crippen LogP contribution in [-0.4, -0.2) is 4.17 Å². The summed E-state index contributed by atoms with van der Waals surface area (Å²) < 4.78 is 23.7. The molecule has 2 aromatic carbocycles. The molecule has 5 heteroatoms. The molecule has 0 aliphatic carbocycles. The van der Waals surface area contributed by atoms with Gasteiger partial charge in [-0.25, -0.2) is 4.57 Å². The van der Waals surface area contributed by atoms with E-state index in [0.717, 1.165) is 0 Å². The maximum atomic E-state index is 12.5. The molecule has 3 nitrogen and oxygen atoms in total. The Morgan fingerprint density at radius 2 is 1.22 bits per heavy atom. The van der Waals surface area contributed by atoms with E-state index in [2.05, 4.69) is 0 Å². The van der Waals surface area contributed by atoms with E-state index in [1.807, 2.05) is 59.0 Å². The van der Waals surface area contributed by atoms with Crippen LogP contribution < -0.4 is 9.05 Å². The standard InChI is InChI=1S/C13H12IO3P/c14-11-18(15,16-12-7-3-1-4-8-12)17-13-9-5-2-6-10-13/h1-10H,11H2. The number of benzene rings is 2. The minimum absolute atomic E-state index is 0.286. The predicted octanol–water partition coefficient (Wildman–Crippen LogP) is 4.73. The van der Waals surface area contributed by atoms with Gasteiger partial charge in [-0.3, -0.25) is 0 Å². The first-order valence-corrected chi connectivity index (χ1v) is 8.61. The molecule has 2 rings (SSSR count). The van der Waals surface area contributed by atoms with Crippen LogP contribution in [0.1, 0.15) is 0 Å². The van der Waals surface area contributed by atoms with E-state index in [0.29, 0.717) is 11.5 Å². The Hall–Kier alpha value is -1.00. The van der Waals surface area contributed by atoms with E-state index < -0.39 is 7.60 Å². The van der Waals surface area contributed by atoms with Crippen molar-refractivity contribution >= 4 is 30.2 Å². The lowest BCUT2D eigenvalue weighted by Gasteiger charge is -2.17. The number of hydrogen-bond acceptors (Lipinski definition) is 3. The summed E-state index contributed by atoms with van der Waals surface area (Å²) in [5, 5.41) is 0. The first kappa shape index (κ1) is 13.4. The van der Waals surface area contributed by atoms with Crippen molar-refractivity contribution in [1.29, 1.82) is 0 Å². The average molecular weight is 374 g/mol. The van der Waals surface area contributed by atoms with Gasteiger partial charge in [0.1, 0.15) is 15.7 Å². The molecule has 0 saturated heterocycles. The van der Waals surface area contributed by atoms with Crippen molar-refractivity contribution in [3.05, 3.63) is 60.7 Å². The third-order valence-corrected chi connectivity index (χ3v) is 5.90. The van der Waals surface area contributed by atoms with E-state index in [4.69, 9.17) is 9.05 Å². The molecule has 0 radical (unpaired) electrons. The van der Waals surface area contributed by atoms with Gasteiger partial charge in [-0.2, -0.15) is 0 Å².